The molecule has 1 aromatic heterocycles. The van der Waals surface area contributed by atoms with Crippen LogP contribution in [0, 0.1) is 5.92 Å². The van der Waals surface area contributed by atoms with Crippen LogP contribution in [0.25, 0.3) is 0 Å². The molecule has 3 nitrogen and oxygen atoms in total. The van der Waals surface area contributed by atoms with Crippen molar-refractivity contribution in [1.82, 2.24) is 4.98 Å². The zero-order valence-corrected chi connectivity index (χ0v) is 9.83. The van der Waals surface area contributed by atoms with E-state index in [9.17, 15) is 5.11 Å². The van der Waals surface area contributed by atoms with Crippen molar-refractivity contribution in [1.29, 1.82) is 0 Å². The summed E-state index contributed by atoms with van der Waals surface area (Å²) in [6.07, 6.45) is 3.70. The van der Waals surface area contributed by atoms with E-state index in [2.05, 4.69) is 24.1 Å². The Morgan fingerprint density at radius 3 is 2.87 bits per heavy atom. The number of hydrogen-bond acceptors (Lipinski definition) is 3. The van der Waals surface area contributed by atoms with Crippen LogP contribution in [-0.2, 0) is 0 Å². The number of pyridine rings is 1. The number of rotatable bonds is 5. The highest BCUT2D eigenvalue weighted by atomic mass is 35.5. The Labute approximate surface area is 95.5 Å². The molecule has 0 aliphatic carbocycles. The fourth-order valence-electron chi connectivity index (χ4n) is 1.37. The van der Waals surface area contributed by atoms with Crippen LogP contribution >= 0.6 is 11.6 Å². The topological polar surface area (TPSA) is 45.1 Å². The summed E-state index contributed by atoms with van der Waals surface area (Å²) in [5.41, 5.74) is 0.814. The van der Waals surface area contributed by atoms with E-state index in [1.165, 1.54) is 0 Å². The second-order valence-corrected chi connectivity index (χ2v) is 4.43. The molecule has 4 heteroatoms. The van der Waals surface area contributed by atoms with Crippen molar-refractivity contribution >= 4 is 17.3 Å². The summed E-state index contributed by atoms with van der Waals surface area (Å²) >= 11 is 5.91. The SMILES string of the molecule is CC(C)CC(O)CNc1ccncc1Cl. The van der Waals surface area contributed by atoms with E-state index >= 15 is 0 Å². The van der Waals surface area contributed by atoms with Crippen molar-refractivity contribution in [2.45, 2.75) is 26.4 Å². The lowest BCUT2D eigenvalue weighted by Gasteiger charge is -2.15. The molecule has 84 valence electrons. The molecule has 0 bridgehead atoms. The van der Waals surface area contributed by atoms with Gasteiger partial charge < -0.3 is 10.4 Å². The summed E-state index contributed by atoms with van der Waals surface area (Å²) in [6.45, 7) is 4.69. The fourth-order valence-corrected chi connectivity index (χ4v) is 1.56. The third-order valence-electron chi connectivity index (χ3n) is 2.04. The number of nitrogens with zero attached hydrogens (tertiary/aromatic N) is 1. The second-order valence-electron chi connectivity index (χ2n) is 4.02. The van der Waals surface area contributed by atoms with Crippen LogP contribution in [0.3, 0.4) is 0 Å². The van der Waals surface area contributed by atoms with Crippen LogP contribution in [0.5, 0.6) is 0 Å². The molecule has 0 aromatic carbocycles. The highest BCUT2D eigenvalue weighted by Gasteiger charge is 2.07. The Hall–Kier alpha value is -0.800. The summed E-state index contributed by atoms with van der Waals surface area (Å²) in [5.74, 6) is 0.495. The third-order valence-corrected chi connectivity index (χ3v) is 2.35. The minimum atomic E-state index is -0.339. The van der Waals surface area contributed by atoms with E-state index in [4.69, 9.17) is 11.6 Å². The summed E-state index contributed by atoms with van der Waals surface area (Å²) < 4.78 is 0. The molecule has 1 atom stereocenters. The largest absolute Gasteiger partial charge is 0.391 e. The predicted octanol–water partition coefficient (Wildman–Crippen LogP) is 2.55. The standard InChI is InChI=1S/C11H17ClN2O/c1-8(2)5-9(15)6-14-11-3-4-13-7-10(11)12/h3-4,7-9,15H,5-6H2,1-2H3,(H,13,14). The van der Waals surface area contributed by atoms with Gasteiger partial charge in [0.05, 0.1) is 16.8 Å². The number of anilines is 1. The maximum absolute atomic E-state index is 9.65. The van der Waals surface area contributed by atoms with Crippen LogP contribution in [0.15, 0.2) is 18.5 Å². The van der Waals surface area contributed by atoms with Crippen molar-refractivity contribution in [2.75, 3.05) is 11.9 Å². The maximum Gasteiger partial charge on any atom is 0.0820 e. The molecule has 0 radical (unpaired) electrons. The van der Waals surface area contributed by atoms with E-state index in [1.807, 2.05) is 0 Å². The highest BCUT2D eigenvalue weighted by molar-refractivity contribution is 6.33. The monoisotopic (exact) mass is 228 g/mol. The molecule has 15 heavy (non-hydrogen) atoms. The lowest BCUT2D eigenvalue weighted by atomic mass is 10.1. The van der Waals surface area contributed by atoms with Gasteiger partial charge in [0.25, 0.3) is 0 Å². The van der Waals surface area contributed by atoms with Gasteiger partial charge in [-0.15, -0.1) is 0 Å². The zero-order valence-electron chi connectivity index (χ0n) is 9.07. The van der Waals surface area contributed by atoms with Gasteiger partial charge in [-0.3, -0.25) is 4.98 Å². The first-order valence-electron chi connectivity index (χ1n) is 5.11. The van der Waals surface area contributed by atoms with Gasteiger partial charge in [0.15, 0.2) is 0 Å². The van der Waals surface area contributed by atoms with Gasteiger partial charge >= 0.3 is 0 Å². The molecule has 0 aliphatic rings. The molecule has 2 N–H and O–H groups in total. The van der Waals surface area contributed by atoms with Crippen molar-refractivity contribution in [3.63, 3.8) is 0 Å². The molecule has 1 aromatic rings. The molecule has 1 unspecified atom stereocenters. The molecule has 1 heterocycles. The molecule has 0 amide bonds. The van der Waals surface area contributed by atoms with Gasteiger partial charge in [0.2, 0.25) is 0 Å². The van der Waals surface area contributed by atoms with E-state index in [0.29, 0.717) is 17.5 Å². The number of hydrogen-bond donors (Lipinski definition) is 2. The minimum absolute atomic E-state index is 0.339. The van der Waals surface area contributed by atoms with Crippen LogP contribution in [-0.4, -0.2) is 22.7 Å². The van der Waals surface area contributed by atoms with Crippen molar-refractivity contribution in [3.8, 4) is 0 Å². The fraction of sp³-hybridized carbons (Fsp3) is 0.545. The Balaban J connectivity index is 2.40. The normalized spacial score (nSPS) is 12.9. The Morgan fingerprint density at radius 2 is 2.27 bits per heavy atom. The third kappa shape index (κ3) is 4.49. The van der Waals surface area contributed by atoms with Gasteiger partial charge in [-0.2, -0.15) is 0 Å². The Morgan fingerprint density at radius 1 is 1.53 bits per heavy atom. The average Bonchev–Trinajstić information content (AvgIpc) is 2.15. The van der Waals surface area contributed by atoms with Crippen LogP contribution in [0.1, 0.15) is 20.3 Å². The number of nitrogens with one attached hydrogen (secondary N) is 1. The minimum Gasteiger partial charge on any atom is -0.391 e. The first-order chi connectivity index (χ1) is 7.09. The summed E-state index contributed by atoms with van der Waals surface area (Å²) in [4.78, 5) is 3.89. The zero-order chi connectivity index (χ0) is 11.3. The van der Waals surface area contributed by atoms with Gasteiger partial charge in [-0.25, -0.2) is 0 Å². The maximum atomic E-state index is 9.65. The van der Waals surface area contributed by atoms with Gasteiger partial charge in [0, 0.05) is 18.9 Å². The van der Waals surface area contributed by atoms with Gasteiger partial charge in [0.1, 0.15) is 0 Å². The van der Waals surface area contributed by atoms with Crippen LogP contribution in [0.2, 0.25) is 5.02 Å². The molecular formula is C11H17ClN2O. The van der Waals surface area contributed by atoms with Crippen LogP contribution in [0.4, 0.5) is 5.69 Å². The molecule has 0 saturated heterocycles. The Bertz CT molecular complexity index is 304. The Kier molecular flexibility index (Phi) is 4.85. The quantitative estimate of drug-likeness (QED) is 0.814. The second kappa shape index (κ2) is 5.93. The first-order valence-corrected chi connectivity index (χ1v) is 5.49. The molecular weight excluding hydrogens is 212 g/mol. The smallest absolute Gasteiger partial charge is 0.0820 e. The molecule has 0 saturated carbocycles. The number of aromatic nitrogens is 1. The van der Waals surface area contributed by atoms with Crippen molar-refractivity contribution in [2.24, 2.45) is 5.92 Å². The average molecular weight is 229 g/mol. The van der Waals surface area contributed by atoms with E-state index in [-0.39, 0.29) is 6.10 Å². The summed E-state index contributed by atoms with van der Waals surface area (Å²) in [7, 11) is 0. The van der Waals surface area contributed by atoms with E-state index in [0.717, 1.165) is 12.1 Å². The van der Waals surface area contributed by atoms with Crippen LogP contribution < -0.4 is 5.32 Å². The molecule has 0 aliphatic heterocycles. The lowest BCUT2D eigenvalue weighted by Crippen LogP contribution is -2.21. The van der Waals surface area contributed by atoms with Gasteiger partial charge in [-0.05, 0) is 18.4 Å². The van der Waals surface area contributed by atoms with Crippen molar-refractivity contribution in [3.05, 3.63) is 23.5 Å². The first kappa shape index (κ1) is 12.3. The molecule has 1 rings (SSSR count). The number of aliphatic hydroxyl groups excluding tert-OH is 1. The number of aliphatic hydroxyl groups is 1. The van der Waals surface area contributed by atoms with E-state index < -0.39 is 0 Å². The lowest BCUT2D eigenvalue weighted by molar-refractivity contribution is 0.161. The van der Waals surface area contributed by atoms with Crippen molar-refractivity contribution < 1.29 is 5.11 Å². The van der Waals surface area contributed by atoms with E-state index in [1.54, 1.807) is 18.5 Å². The highest BCUT2D eigenvalue weighted by Crippen LogP contribution is 2.19. The summed E-state index contributed by atoms with van der Waals surface area (Å²) in [6, 6.07) is 1.80. The summed E-state index contributed by atoms with van der Waals surface area (Å²) in [5, 5.41) is 13.3. The predicted molar refractivity (Wildman–Crippen MR) is 63.2 cm³/mol. The molecule has 0 fully saturated rings. The van der Waals surface area contributed by atoms with Gasteiger partial charge in [-0.1, -0.05) is 25.4 Å². The number of halogens is 1. The molecule has 0 spiro atoms.